The summed E-state index contributed by atoms with van der Waals surface area (Å²) in [6.45, 7) is 3.91. The molecular formula is C17H16N2O2S. The van der Waals surface area contributed by atoms with Crippen LogP contribution < -0.4 is 10.1 Å². The molecule has 0 unspecified atom stereocenters. The molecule has 0 radical (unpaired) electrons. The predicted molar refractivity (Wildman–Crippen MR) is 90.0 cm³/mol. The Balaban J connectivity index is 1.98. The molecule has 0 atom stereocenters. The molecule has 112 valence electrons. The molecule has 0 aliphatic carbocycles. The SMILES string of the molecule is COc1cc2ccccc2cc1C(=O)Nc1nc(C)c(C)s1. The van der Waals surface area contributed by atoms with E-state index in [1.54, 1.807) is 7.11 Å². The number of amides is 1. The summed E-state index contributed by atoms with van der Waals surface area (Å²) >= 11 is 1.47. The smallest absolute Gasteiger partial charge is 0.261 e. The highest BCUT2D eigenvalue weighted by Crippen LogP contribution is 2.28. The van der Waals surface area contributed by atoms with Gasteiger partial charge in [0.2, 0.25) is 0 Å². The van der Waals surface area contributed by atoms with Crippen LogP contribution in [0.5, 0.6) is 5.75 Å². The molecule has 3 aromatic rings. The number of hydrogen-bond donors (Lipinski definition) is 1. The number of carbonyl (C=O) groups is 1. The van der Waals surface area contributed by atoms with Gasteiger partial charge in [-0.2, -0.15) is 0 Å². The average Bonchev–Trinajstić information content (AvgIpc) is 2.83. The number of hydrogen-bond acceptors (Lipinski definition) is 4. The largest absolute Gasteiger partial charge is 0.496 e. The van der Waals surface area contributed by atoms with Crippen LogP contribution in [-0.4, -0.2) is 18.0 Å². The van der Waals surface area contributed by atoms with Gasteiger partial charge in [-0.15, -0.1) is 11.3 Å². The van der Waals surface area contributed by atoms with Crippen molar-refractivity contribution < 1.29 is 9.53 Å². The van der Waals surface area contributed by atoms with Crippen molar-refractivity contribution >= 4 is 33.1 Å². The number of thiazole rings is 1. The van der Waals surface area contributed by atoms with Gasteiger partial charge in [0, 0.05) is 4.88 Å². The summed E-state index contributed by atoms with van der Waals surface area (Å²) in [6, 6.07) is 11.6. The molecule has 1 heterocycles. The molecule has 1 amide bonds. The molecule has 0 saturated carbocycles. The number of fused-ring (bicyclic) bond motifs is 1. The number of methoxy groups -OCH3 is 1. The Morgan fingerprint density at radius 2 is 1.86 bits per heavy atom. The monoisotopic (exact) mass is 312 g/mol. The van der Waals surface area contributed by atoms with Crippen LogP contribution in [0.4, 0.5) is 5.13 Å². The van der Waals surface area contributed by atoms with Crippen LogP contribution in [0.1, 0.15) is 20.9 Å². The first-order chi connectivity index (χ1) is 10.6. The van der Waals surface area contributed by atoms with Gasteiger partial charge in [0.15, 0.2) is 5.13 Å². The quantitative estimate of drug-likeness (QED) is 0.789. The van der Waals surface area contributed by atoms with Gasteiger partial charge in [-0.25, -0.2) is 4.98 Å². The Hall–Kier alpha value is -2.40. The number of aryl methyl sites for hydroxylation is 2. The molecule has 3 rings (SSSR count). The fraction of sp³-hybridized carbons (Fsp3) is 0.176. The van der Waals surface area contributed by atoms with Gasteiger partial charge in [0.05, 0.1) is 18.4 Å². The maximum atomic E-state index is 12.5. The van der Waals surface area contributed by atoms with E-state index in [1.165, 1.54) is 11.3 Å². The van der Waals surface area contributed by atoms with E-state index in [9.17, 15) is 4.79 Å². The molecular weight excluding hydrogens is 296 g/mol. The Morgan fingerprint density at radius 3 is 2.45 bits per heavy atom. The van der Waals surface area contributed by atoms with E-state index >= 15 is 0 Å². The fourth-order valence-corrected chi connectivity index (χ4v) is 3.07. The number of anilines is 1. The summed E-state index contributed by atoms with van der Waals surface area (Å²) in [5.41, 5.74) is 1.44. The van der Waals surface area contributed by atoms with Crippen LogP contribution in [0.25, 0.3) is 10.8 Å². The normalized spacial score (nSPS) is 10.7. The van der Waals surface area contributed by atoms with E-state index in [2.05, 4.69) is 10.3 Å². The van der Waals surface area contributed by atoms with Crippen molar-refractivity contribution in [1.82, 2.24) is 4.98 Å². The molecule has 0 spiro atoms. The first-order valence-corrected chi connectivity index (χ1v) is 7.72. The lowest BCUT2D eigenvalue weighted by molar-refractivity contribution is 0.102. The van der Waals surface area contributed by atoms with E-state index in [0.29, 0.717) is 16.4 Å². The predicted octanol–water partition coefficient (Wildman–Crippen LogP) is 4.17. The molecule has 2 aromatic carbocycles. The Kier molecular flexibility index (Phi) is 3.81. The number of benzene rings is 2. The lowest BCUT2D eigenvalue weighted by Gasteiger charge is -2.10. The number of aromatic nitrogens is 1. The van der Waals surface area contributed by atoms with Gasteiger partial charge in [0.1, 0.15) is 5.75 Å². The summed E-state index contributed by atoms with van der Waals surface area (Å²) in [6.07, 6.45) is 0. The number of nitrogens with one attached hydrogen (secondary N) is 1. The van der Waals surface area contributed by atoms with Crippen LogP contribution in [-0.2, 0) is 0 Å². The van der Waals surface area contributed by atoms with Crippen LogP contribution in [0.3, 0.4) is 0 Å². The van der Waals surface area contributed by atoms with Crippen molar-refractivity contribution in [3.05, 3.63) is 52.5 Å². The third kappa shape index (κ3) is 2.67. The van der Waals surface area contributed by atoms with Crippen molar-refractivity contribution in [3.8, 4) is 5.75 Å². The number of rotatable bonds is 3. The molecule has 0 bridgehead atoms. The third-order valence-electron chi connectivity index (χ3n) is 3.56. The number of ether oxygens (including phenoxy) is 1. The van der Waals surface area contributed by atoms with Gasteiger partial charge >= 0.3 is 0 Å². The van der Waals surface area contributed by atoms with Crippen molar-refractivity contribution in [2.24, 2.45) is 0 Å². The zero-order chi connectivity index (χ0) is 15.7. The fourth-order valence-electron chi connectivity index (χ4n) is 2.26. The van der Waals surface area contributed by atoms with E-state index < -0.39 is 0 Å². The highest BCUT2D eigenvalue weighted by molar-refractivity contribution is 7.15. The summed E-state index contributed by atoms with van der Waals surface area (Å²) in [5.74, 6) is 0.345. The average molecular weight is 312 g/mol. The van der Waals surface area contributed by atoms with Crippen molar-refractivity contribution in [3.63, 3.8) is 0 Å². The van der Waals surface area contributed by atoms with E-state index in [-0.39, 0.29) is 5.91 Å². The van der Waals surface area contributed by atoms with Gasteiger partial charge in [0.25, 0.3) is 5.91 Å². The maximum absolute atomic E-state index is 12.5. The first-order valence-electron chi connectivity index (χ1n) is 6.90. The van der Waals surface area contributed by atoms with Crippen molar-refractivity contribution in [2.45, 2.75) is 13.8 Å². The summed E-state index contributed by atoms with van der Waals surface area (Å²) < 4.78 is 5.36. The molecule has 0 saturated heterocycles. The summed E-state index contributed by atoms with van der Waals surface area (Å²) in [5, 5.41) is 5.49. The minimum atomic E-state index is -0.212. The minimum absolute atomic E-state index is 0.212. The molecule has 4 nitrogen and oxygen atoms in total. The Morgan fingerprint density at radius 1 is 1.18 bits per heavy atom. The number of carbonyl (C=O) groups excluding carboxylic acids is 1. The second-order valence-electron chi connectivity index (χ2n) is 5.01. The van der Waals surface area contributed by atoms with Gasteiger partial charge in [-0.1, -0.05) is 24.3 Å². The van der Waals surface area contributed by atoms with E-state index in [0.717, 1.165) is 21.3 Å². The molecule has 1 aromatic heterocycles. The van der Waals surface area contributed by atoms with Crippen LogP contribution in [0, 0.1) is 13.8 Å². The van der Waals surface area contributed by atoms with Crippen molar-refractivity contribution in [2.75, 3.05) is 12.4 Å². The minimum Gasteiger partial charge on any atom is -0.496 e. The first kappa shape index (κ1) is 14.5. The summed E-state index contributed by atoms with van der Waals surface area (Å²) in [7, 11) is 1.57. The second kappa shape index (κ2) is 5.77. The highest BCUT2D eigenvalue weighted by Gasteiger charge is 2.15. The van der Waals surface area contributed by atoms with Gasteiger partial charge in [-0.3, -0.25) is 10.1 Å². The molecule has 0 aliphatic heterocycles. The standard InChI is InChI=1S/C17H16N2O2S/c1-10-11(2)22-17(18-10)19-16(20)14-8-12-6-4-5-7-13(12)9-15(14)21-3/h4-9H,1-3H3,(H,18,19,20). The Bertz CT molecular complexity index is 835. The van der Waals surface area contributed by atoms with Gasteiger partial charge < -0.3 is 4.74 Å². The lowest BCUT2D eigenvalue weighted by Crippen LogP contribution is -2.13. The zero-order valence-corrected chi connectivity index (χ0v) is 13.5. The third-order valence-corrected chi connectivity index (χ3v) is 4.55. The van der Waals surface area contributed by atoms with E-state index in [1.807, 2.05) is 50.2 Å². The van der Waals surface area contributed by atoms with E-state index in [4.69, 9.17) is 4.74 Å². The zero-order valence-electron chi connectivity index (χ0n) is 12.6. The molecule has 5 heteroatoms. The Labute approximate surface area is 132 Å². The summed E-state index contributed by atoms with van der Waals surface area (Å²) in [4.78, 5) is 18.0. The van der Waals surface area contributed by atoms with Crippen LogP contribution in [0.2, 0.25) is 0 Å². The molecule has 22 heavy (non-hydrogen) atoms. The number of nitrogens with zero attached hydrogens (tertiary/aromatic N) is 1. The highest BCUT2D eigenvalue weighted by atomic mass is 32.1. The topological polar surface area (TPSA) is 51.2 Å². The molecule has 0 aliphatic rings. The maximum Gasteiger partial charge on any atom is 0.261 e. The van der Waals surface area contributed by atoms with Crippen LogP contribution >= 0.6 is 11.3 Å². The molecule has 1 N–H and O–H groups in total. The van der Waals surface area contributed by atoms with Crippen molar-refractivity contribution in [1.29, 1.82) is 0 Å². The lowest BCUT2D eigenvalue weighted by atomic mass is 10.1. The molecule has 0 fully saturated rings. The van der Waals surface area contributed by atoms with Crippen LogP contribution in [0.15, 0.2) is 36.4 Å². The van der Waals surface area contributed by atoms with Gasteiger partial charge in [-0.05, 0) is 36.8 Å². The second-order valence-corrected chi connectivity index (χ2v) is 6.22.